The smallest absolute Gasteiger partial charge is 0.0513 e. The van der Waals surface area contributed by atoms with E-state index in [1.807, 2.05) is 0 Å². The van der Waals surface area contributed by atoms with Crippen molar-refractivity contribution in [3.05, 3.63) is 35.4 Å². The molecule has 19 heavy (non-hydrogen) atoms. The maximum absolute atomic E-state index is 5.55. The summed E-state index contributed by atoms with van der Waals surface area (Å²) >= 11 is 0. The molecule has 1 fully saturated rings. The molecule has 2 nitrogen and oxygen atoms in total. The third-order valence-corrected chi connectivity index (χ3v) is 4.34. The van der Waals surface area contributed by atoms with Gasteiger partial charge in [-0.15, -0.1) is 0 Å². The van der Waals surface area contributed by atoms with Crippen LogP contribution in [0.2, 0.25) is 0 Å². The Balaban J connectivity index is 2.12. The molecule has 0 aromatic heterocycles. The first kappa shape index (κ1) is 14.5. The molecule has 3 unspecified atom stereocenters. The molecule has 1 aliphatic rings. The zero-order valence-electron chi connectivity index (χ0n) is 12.5. The number of nitrogens with one attached hydrogen (secondary N) is 1. The predicted molar refractivity (Wildman–Crippen MR) is 80.5 cm³/mol. The van der Waals surface area contributed by atoms with Crippen molar-refractivity contribution in [3.63, 3.8) is 0 Å². The van der Waals surface area contributed by atoms with Gasteiger partial charge < -0.3 is 10.1 Å². The molecule has 1 saturated heterocycles. The molecule has 1 N–H and O–H groups in total. The standard InChI is InChI=1S/C17H27NO/c1-4-13(3)14-6-8-15(9-7-14)17(18-5-2)16-10-11-19-12-16/h6-9,13,16-18H,4-5,10-12H2,1-3H3. The molecule has 1 heterocycles. The summed E-state index contributed by atoms with van der Waals surface area (Å²) < 4.78 is 5.55. The second-order valence-corrected chi connectivity index (χ2v) is 5.63. The average molecular weight is 261 g/mol. The van der Waals surface area contributed by atoms with Crippen molar-refractivity contribution >= 4 is 0 Å². The summed E-state index contributed by atoms with van der Waals surface area (Å²) in [6.07, 6.45) is 2.37. The van der Waals surface area contributed by atoms with Crippen molar-refractivity contribution in [3.8, 4) is 0 Å². The minimum Gasteiger partial charge on any atom is -0.381 e. The van der Waals surface area contributed by atoms with Crippen LogP contribution in [-0.4, -0.2) is 19.8 Å². The van der Waals surface area contributed by atoms with Gasteiger partial charge >= 0.3 is 0 Å². The molecule has 1 aromatic rings. The van der Waals surface area contributed by atoms with Gasteiger partial charge in [0.25, 0.3) is 0 Å². The molecule has 3 atom stereocenters. The Labute approximate surface area is 117 Å². The maximum atomic E-state index is 5.55. The summed E-state index contributed by atoms with van der Waals surface area (Å²) in [7, 11) is 0. The molecule has 0 bridgehead atoms. The first-order chi connectivity index (χ1) is 9.26. The number of ether oxygens (including phenoxy) is 1. The van der Waals surface area contributed by atoms with Gasteiger partial charge in [0, 0.05) is 18.6 Å². The van der Waals surface area contributed by atoms with Crippen LogP contribution in [0.1, 0.15) is 56.7 Å². The fourth-order valence-corrected chi connectivity index (χ4v) is 2.86. The SMILES string of the molecule is CCNC(c1ccc(C(C)CC)cc1)C1CCOC1. The molecule has 0 aliphatic carbocycles. The Morgan fingerprint density at radius 2 is 1.89 bits per heavy atom. The average Bonchev–Trinajstić information content (AvgIpc) is 2.98. The molecule has 1 aromatic carbocycles. The molecule has 106 valence electrons. The van der Waals surface area contributed by atoms with Gasteiger partial charge in [-0.2, -0.15) is 0 Å². The number of rotatable bonds is 6. The van der Waals surface area contributed by atoms with E-state index in [0.717, 1.165) is 19.8 Å². The minimum absolute atomic E-state index is 0.443. The monoisotopic (exact) mass is 261 g/mol. The predicted octanol–water partition coefficient (Wildman–Crippen LogP) is 3.89. The number of hydrogen-bond acceptors (Lipinski definition) is 2. The van der Waals surface area contributed by atoms with E-state index in [2.05, 4.69) is 50.4 Å². The van der Waals surface area contributed by atoms with Gasteiger partial charge in [-0.25, -0.2) is 0 Å². The third-order valence-electron chi connectivity index (χ3n) is 4.34. The molecule has 2 rings (SSSR count). The van der Waals surface area contributed by atoms with Gasteiger partial charge in [0.2, 0.25) is 0 Å². The lowest BCUT2D eigenvalue weighted by Gasteiger charge is -2.24. The van der Waals surface area contributed by atoms with Crippen molar-refractivity contribution in [2.75, 3.05) is 19.8 Å². The number of benzene rings is 1. The van der Waals surface area contributed by atoms with Gasteiger partial charge in [-0.1, -0.05) is 45.0 Å². The lowest BCUT2D eigenvalue weighted by Crippen LogP contribution is -2.28. The van der Waals surface area contributed by atoms with Gasteiger partial charge in [0.15, 0.2) is 0 Å². The van der Waals surface area contributed by atoms with Crippen LogP contribution in [0, 0.1) is 5.92 Å². The van der Waals surface area contributed by atoms with Gasteiger partial charge in [0.05, 0.1) is 6.61 Å². The Morgan fingerprint density at radius 1 is 1.21 bits per heavy atom. The Bertz CT molecular complexity index is 367. The normalized spacial score (nSPS) is 22.4. The first-order valence-electron chi connectivity index (χ1n) is 7.67. The summed E-state index contributed by atoms with van der Waals surface area (Å²) in [5, 5.41) is 3.62. The Hall–Kier alpha value is -0.860. The molecular formula is C17H27NO. The van der Waals surface area contributed by atoms with E-state index >= 15 is 0 Å². The van der Waals surface area contributed by atoms with E-state index in [1.54, 1.807) is 0 Å². The highest BCUT2D eigenvalue weighted by molar-refractivity contribution is 5.27. The summed E-state index contributed by atoms with van der Waals surface area (Å²) in [6, 6.07) is 9.63. The molecule has 2 heteroatoms. The molecule has 0 radical (unpaired) electrons. The first-order valence-corrected chi connectivity index (χ1v) is 7.67. The quantitative estimate of drug-likeness (QED) is 0.839. The van der Waals surface area contributed by atoms with Crippen LogP contribution in [0.15, 0.2) is 24.3 Å². The molecule has 0 amide bonds. The minimum atomic E-state index is 0.443. The lowest BCUT2D eigenvalue weighted by atomic mass is 9.90. The summed E-state index contributed by atoms with van der Waals surface area (Å²) in [5.74, 6) is 1.27. The van der Waals surface area contributed by atoms with E-state index in [-0.39, 0.29) is 0 Å². The van der Waals surface area contributed by atoms with Crippen LogP contribution in [0.5, 0.6) is 0 Å². The highest BCUT2D eigenvalue weighted by Gasteiger charge is 2.26. The second-order valence-electron chi connectivity index (χ2n) is 5.63. The fraction of sp³-hybridized carbons (Fsp3) is 0.647. The molecular weight excluding hydrogens is 234 g/mol. The molecule has 0 saturated carbocycles. The number of hydrogen-bond donors (Lipinski definition) is 1. The Kier molecular flexibility index (Phi) is 5.41. The van der Waals surface area contributed by atoms with Crippen molar-refractivity contribution in [2.45, 2.75) is 45.6 Å². The van der Waals surface area contributed by atoms with Crippen LogP contribution in [0.25, 0.3) is 0 Å². The summed E-state index contributed by atoms with van der Waals surface area (Å²) in [5.41, 5.74) is 2.86. The van der Waals surface area contributed by atoms with Crippen molar-refractivity contribution in [2.24, 2.45) is 5.92 Å². The van der Waals surface area contributed by atoms with E-state index in [4.69, 9.17) is 4.74 Å². The van der Waals surface area contributed by atoms with Crippen LogP contribution >= 0.6 is 0 Å². The lowest BCUT2D eigenvalue weighted by molar-refractivity contribution is 0.177. The highest BCUT2D eigenvalue weighted by Crippen LogP contribution is 2.30. The van der Waals surface area contributed by atoms with E-state index in [0.29, 0.717) is 17.9 Å². The van der Waals surface area contributed by atoms with Gasteiger partial charge in [-0.3, -0.25) is 0 Å². The highest BCUT2D eigenvalue weighted by atomic mass is 16.5. The zero-order chi connectivity index (χ0) is 13.7. The molecule has 0 spiro atoms. The van der Waals surface area contributed by atoms with Crippen LogP contribution < -0.4 is 5.32 Å². The zero-order valence-corrected chi connectivity index (χ0v) is 12.5. The van der Waals surface area contributed by atoms with Crippen LogP contribution in [0.3, 0.4) is 0 Å². The van der Waals surface area contributed by atoms with Gasteiger partial charge in [0.1, 0.15) is 0 Å². The van der Waals surface area contributed by atoms with Crippen LogP contribution in [0.4, 0.5) is 0 Å². The van der Waals surface area contributed by atoms with Crippen molar-refractivity contribution < 1.29 is 4.74 Å². The third kappa shape index (κ3) is 3.58. The Morgan fingerprint density at radius 3 is 2.42 bits per heavy atom. The van der Waals surface area contributed by atoms with Crippen molar-refractivity contribution in [1.29, 1.82) is 0 Å². The topological polar surface area (TPSA) is 21.3 Å². The van der Waals surface area contributed by atoms with E-state index < -0.39 is 0 Å². The van der Waals surface area contributed by atoms with E-state index in [9.17, 15) is 0 Å². The summed E-state index contributed by atoms with van der Waals surface area (Å²) in [6.45, 7) is 9.53. The van der Waals surface area contributed by atoms with Crippen LogP contribution in [-0.2, 0) is 4.74 Å². The largest absolute Gasteiger partial charge is 0.381 e. The maximum Gasteiger partial charge on any atom is 0.0513 e. The second kappa shape index (κ2) is 7.06. The fourth-order valence-electron chi connectivity index (χ4n) is 2.86. The summed E-state index contributed by atoms with van der Waals surface area (Å²) in [4.78, 5) is 0. The van der Waals surface area contributed by atoms with Crippen molar-refractivity contribution in [1.82, 2.24) is 5.32 Å². The van der Waals surface area contributed by atoms with Gasteiger partial charge in [-0.05, 0) is 36.4 Å². The molecule has 1 aliphatic heterocycles. The van der Waals surface area contributed by atoms with E-state index in [1.165, 1.54) is 24.0 Å².